The Morgan fingerprint density at radius 3 is 2.70 bits per heavy atom. The van der Waals surface area contributed by atoms with E-state index in [2.05, 4.69) is 19.6 Å². The van der Waals surface area contributed by atoms with E-state index in [4.69, 9.17) is 9.47 Å². The van der Waals surface area contributed by atoms with Crippen LogP contribution in [0.3, 0.4) is 0 Å². The van der Waals surface area contributed by atoms with Crippen LogP contribution in [0.5, 0.6) is 11.5 Å². The van der Waals surface area contributed by atoms with Gasteiger partial charge in [-0.15, -0.1) is 6.58 Å². The first-order valence-corrected chi connectivity index (χ1v) is 10.1. The number of fused-ring (bicyclic) bond motifs is 5. The minimum Gasteiger partial charge on any atom is -0.493 e. The highest BCUT2D eigenvalue weighted by Gasteiger charge is 2.60. The van der Waals surface area contributed by atoms with Crippen LogP contribution in [0, 0.1) is 17.3 Å². The number of carbonyl (C=O) groups excluding carboxylic acids is 1. The quantitative estimate of drug-likeness (QED) is 0.487. The molecule has 2 fully saturated rings. The van der Waals surface area contributed by atoms with Crippen molar-refractivity contribution in [3.63, 3.8) is 0 Å². The molecule has 0 unspecified atom stereocenters. The molecule has 0 bridgehead atoms. The highest BCUT2D eigenvalue weighted by molar-refractivity contribution is 5.71. The molecular weight excluding hydrogens is 340 g/mol. The number of rotatable bonds is 3. The van der Waals surface area contributed by atoms with Crippen molar-refractivity contribution in [3.05, 3.63) is 35.9 Å². The Morgan fingerprint density at radius 1 is 1.26 bits per heavy atom. The van der Waals surface area contributed by atoms with Crippen LogP contribution >= 0.6 is 0 Å². The Balaban J connectivity index is 1.70. The highest BCUT2D eigenvalue weighted by Crippen LogP contribution is 2.64. The van der Waals surface area contributed by atoms with Crippen LogP contribution < -0.4 is 9.47 Å². The van der Waals surface area contributed by atoms with Gasteiger partial charge in [-0.2, -0.15) is 0 Å². The van der Waals surface area contributed by atoms with Gasteiger partial charge in [-0.25, -0.2) is 0 Å². The topological polar surface area (TPSA) is 55.8 Å². The minimum absolute atomic E-state index is 0.0742. The number of aliphatic hydroxyl groups is 1. The van der Waals surface area contributed by atoms with Crippen molar-refractivity contribution >= 4 is 5.97 Å². The summed E-state index contributed by atoms with van der Waals surface area (Å²) in [5.41, 5.74) is 1.80. The lowest BCUT2D eigenvalue weighted by Crippen LogP contribution is -2.49. The standard InChI is InChI=1S/C23H30O4/c1-5-23(25)11-9-19-17-7-6-15-12-21(27-14(2)24)20(26-4)13-18(15)16(17)8-10-22(19,23)3/h5,12-13,16-17,19,25H,1,6-11H2,2-4H3/t16-,17+,19-,22-,23-/m0/s1. The van der Waals surface area contributed by atoms with Crippen molar-refractivity contribution in [2.24, 2.45) is 17.3 Å². The lowest BCUT2D eigenvalue weighted by atomic mass is 9.53. The van der Waals surface area contributed by atoms with Crippen LogP contribution in [0.4, 0.5) is 0 Å². The maximum atomic E-state index is 11.4. The second kappa shape index (κ2) is 6.37. The molecule has 3 aliphatic rings. The summed E-state index contributed by atoms with van der Waals surface area (Å²) in [7, 11) is 1.62. The molecule has 146 valence electrons. The third-order valence-electron chi connectivity index (χ3n) is 7.82. The smallest absolute Gasteiger partial charge is 0.308 e. The first-order chi connectivity index (χ1) is 12.8. The normalized spacial score (nSPS) is 37.0. The molecule has 2 saturated carbocycles. The van der Waals surface area contributed by atoms with Crippen molar-refractivity contribution < 1.29 is 19.4 Å². The summed E-state index contributed by atoms with van der Waals surface area (Å²) in [6.07, 6.45) is 7.86. The van der Waals surface area contributed by atoms with Crippen LogP contribution in [-0.4, -0.2) is 23.8 Å². The van der Waals surface area contributed by atoms with Gasteiger partial charge < -0.3 is 14.6 Å². The zero-order chi connectivity index (χ0) is 19.4. The molecule has 0 aromatic heterocycles. The van der Waals surface area contributed by atoms with E-state index in [0.29, 0.717) is 29.3 Å². The third-order valence-corrected chi connectivity index (χ3v) is 7.82. The number of methoxy groups -OCH3 is 1. The summed E-state index contributed by atoms with van der Waals surface area (Å²) in [5, 5.41) is 11.2. The van der Waals surface area contributed by atoms with Crippen LogP contribution in [0.25, 0.3) is 0 Å². The van der Waals surface area contributed by atoms with E-state index in [1.54, 1.807) is 13.2 Å². The number of ether oxygens (including phenoxy) is 2. The fourth-order valence-corrected chi connectivity index (χ4v) is 6.36. The molecule has 0 spiro atoms. The van der Waals surface area contributed by atoms with E-state index in [-0.39, 0.29) is 11.4 Å². The molecular formula is C23H30O4. The average molecular weight is 370 g/mol. The van der Waals surface area contributed by atoms with E-state index in [1.165, 1.54) is 18.1 Å². The van der Waals surface area contributed by atoms with Gasteiger partial charge in [-0.1, -0.05) is 13.0 Å². The molecule has 1 N–H and O–H groups in total. The molecule has 4 nitrogen and oxygen atoms in total. The summed E-state index contributed by atoms with van der Waals surface area (Å²) in [6.45, 7) is 7.62. The highest BCUT2D eigenvalue weighted by atomic mass is 16.6. The predicted octanol–water partition coefficient (Wildman–Crippen LogP) is 4.39. The first-order valence-electron chi connectivity index (χ1n) is 10.1. The molecule has 0 saturated heterocycles. The lowest BCUT2D eigenvalue weighted by molar-refractivity contribution is -0.132. The van der Waals surface area contributed by atoms with Crippen LogP contribution in [0.2, 0.25) is 0 Å². The molecule has 0 heterocycles. The first kappa shape index (κ1) is 18.5. The van der Waals surface area contributed by atoms with Gasteiger partial charge in [0.05, 0.1) is 12.7 Å². The van der Waals surface area contributed by atoms with E-state index in [9.17, 15) is 9.90 Å². The van der Waals surface area contributed by atoms with E-state index >= 15 is 0 Å². The molecule has 0 radical (unpaired) electrons. The van der Waals surface area contributed by atoms with E-state index in [1.807, 2.05) is 6.07 Å². The monoisotopic (exact) mass is 370 g/mol. The minimum atomic E-state index is -0.736. The molecule has 3 aliphatic carbocycles. The molecule has 0 amide bonds. The number of benzene rings is 1. The predicted molar refractivity (Wildman–Crippen MR) is 104 cm³/mol. The molecule has 5 atom stereocenters. The molecule has 4 rings (SSSR count). The van der Waals surface area contributed by atoms with Gasteiger partial charge in [-0.3, -0.25) is 4.79 Å². The summed E-state index contributed by atoms with van der Waals surface area (Å²) >= 11 is 0. The summed E-state index contributed by atoms with van der Waals surface area (Å²) < 4.78 is 10.9. The Morgan fingerprint density at radius 2 is 2.04 bits per heavy atom. The van der Waals surface area contributed by atoms with Crippen molar-refractivity contribution in [1.29, 1.82) is 0 Å². The molecule has 0 aliphatic heterocycles. The average Bonchev–Trinajstić information content (AvgIpc) is 2.92. The second-order valence-electron chi connectivity index (χ2n) is 8.83. The summed E-state index contributed by atoms with van der Waals surface area (Å²) in [4.78, 5) is 11.4. The van der Waals surface area contributed by atoms with E-state index in [0.717, 1.165) is 38.5 Å². The number of carbonyl (C=O) groups is 1. The zero-order valence-corrected chi connectivity index (χ0v) is 16.6. The van der Waals surface area contributed by atoms with Crippen LogP contribution in [-0.2, 0) is 11.2 Å². The number of esters is 1. The van der Waals surface area contributed by atoms with Crippen molar-refractivity contribution in [3.8, 4) is 11.5 Å². The summed E-state index contributed by atoms with van der Waals surface area (Å²) in [5.74, 6) is 2.40. The van der Waals surface area contributed by atoms with Gasteiger partial charge in [-0.05, 0) is 79.5 Å². The van der Waals surface area contributed by atoms with Crippen molar-refractivity contribution in [1.82, 2.24) is 0 Å². The Bertz CT molecular complexity index is 785. The SMILES string of the molecule is C=C[C@]1(O)CC[C@H]2[C@@H]3CCc4cc(OC(C)=O)c(OC)cc4[C@H]3CC[C@@]21C. The zero-order valence-electron chi connectivity index (χ0n) is 16.6. The Labute approximate surface area is 161 Å². The second-order valence-corrected chi connectivity index (χ2v) is 8.83. The number of aryl methyl sites for hydroxylation is 1. The lowest BCUT2D eigenvalue weighted by Gasteiger charge is -2.52. The number of hydrogen-bond donors (Lipinski definition) is 1. The summed E-state index contributed by atoms with van der Waals surface area (Å²) in [6, 6.07) is 4.08. The fourth-order valence-electron chi connectivity index (χ4n) is 6.36. The van der Waals surface area contributed by atoms with Crippen LogP contribution in [0.15, 0.2) is 24.8 Å². The van der Waals surface area contributed by atoms with Gasteiger partial charge in [0.2, 0.25) is 0 Å². The molecule has 4 heteroatoms. The molecule has 1 aromatic rings. The number of hydrogen-bond acceptors (Lipinski definition) is 4. The Kier molecular flexibility index (Phi) is 4.38. The van der Waals surface area contributed by atoms with Crippen molar-refractivity contribution in [2.45, 2.75) is 63.9 Å². The van der Waals surface area contributed by atoms with E-state index < -0.39 is 5.60 Å². The van der Waals surface area contributed by atoms with Gasteiger partial charge in [0, 0.05) is 12.3 Å². The fraction of sp³-hybridized carbons (Fsp3) is 0.609. The maximum absolute atomic E-state index is 11.4. The van der Waals surface area contributed by atoms with Gasteiger partial charge in [0.1, 0.15) is 0 Å². The Hall–Kier alpha value is -1.81. The maximum Gasteiger partial charge on any atom is 0.308 e. The van der Waals surface area contributed by atoms with Crippen molar-refractivity contribution in [2.75, 3.05) is 7.11 Å². The van der Waals surface area contributed by atoms with Gasteiger partial charge in [0.15, 0.2) is 11.5 Å². The van der Waals surface area contributed by atoms with Gasteiger partial charge >= 0.3 is 5.97 Å². The third kappa shape index (κ3) is 2.64. The van der Waals surface area contributed by atoms with Crippen LogP contribution in [0.1, 0.15) is 63.0 Å². The van der Waals surface area contributed by atoms with Gasteiger partial charge in [0.25, 0.3) is 0 Å². The molecule has 1 aromatic carbocycles. The molecule has 27 heavy (non-hydrogen) atoms. The largest absolute Gasteiger partial charge is 0.493 e.